The molecule has 7 nitrogen and oxygen atoms in total. The van der Waals surface area contributed by atoms with Crippen molar-refractivity contribution >= 4 is 18.0 Å². The predicted octanol–water partition coefficient (Wildman–Crippen LogP) is 4.17. The summed E-state index contributed by atoms with van der Waals surface area (Å²) in [6.07, 6.45) is -0.356. The summed E-state index contributed by atoms with van der Waals surface area (Å²) in [4.78, 5) is 36.7. The highest BCUT2D eigenvalue weighted by Gasteiger charge is 2.36. The zero-order valence-electron chi connectivity index (χ0n) is 19.6. The van der Waals surface area contributed by atoms with Gasteiger partial charge in [-0.2, -0.15) is 0 Å². The fraction of sp³-hybridized carbons (Fsp3) is 0.423. The molecular formula is C26H32N2O5. The number of nitrogens with one attached hydrogen (secondary N) is 2. The minimum Gasteiger partial charge on any atom is -0.480 e. The van der Waals surface area contributed by atoms with Crippen LogP contribution in [-0.4, -0.2) is 41.8 Å². The molecule has 0 aromatic heterocycles. The van der Waals surface area contributed by atoms with E-state index >= 15 is 0 Å². The number of carbonyl (C=O) groups is 3. The first-order chi connectivity index (χ1) is 15.7. The summed E-state index contributed by atoms with van der Waals surface area (Å²) in [7, 11) is 0. The number of hydrogen-bond acceptors (Lipinski definition) is 4. The van der Waals surface area contributed by atoms with Crippen molar-refractivity contribution in [3.8, 4) is 11.1 Å². The van der Waals surface area contributed by atoms with Crippen molar-refractivity contribution in [1.29, 1.82) is 0 Å². The predicted molar refractivity (Wildman–Crippen MR) is 126 cm³/mol. The molecule has 2 atom stereocenters. The van der Waals surface area contributed by atoms with E-state index in [0.29, 0.717) is 0 Å². The van der Waals surface area contributed by atoms with Crippen molar-refractivity contribution in [2.24, 2.45) is 11.8 Å². The Hall–Kier alpha value is -3.35. The molecular weight excluding hydrogens is 420 g/mol. The molecule has 3 N–H and O–H groups in total. The van der Waals surface area contributed by atoms with Gasteiger partial charge in [0.05, 0.1) is 5.92 Å². The van der Waals surface area contributed by atoms with Gasteiger partial charge in [-0.15, -0.1) is 0 Å². The van der Waals surface area contributed by atoms with Gasteiger partial charge in [0, 0.05) is 12.5 Å². The van der Waals surface area contributed by atoms with Crippen LogP contribution in [0.1, 0.15) is 51.2 Å². The average Bonchev–Trinajstić information content (AvgIpc) is 3.11. The Balaban J connectivity index is 1.60. The second-order valence-electron chi connectivity index (χ2n) is 9.04. The number of carboxylic acids is 1. The van der Waals surface area contributed by atoms with Gasteiger partial charge in [0.1, 0.15) is 12.1 Å². The molecule has 7 heteroatoms. The van der Waals surface area contributed by atoms with Crippen molar-refractivity contribution in [2.75, 3.05) is 13.2 Å². The summed E-state index contributed by atoms with van der Waals surface area (Å²) in [5.41, 5.74) is 3.19. The number of aliphatic carboxylic acids is 1. The number of rotatable bonds is 9. The highest BCUT2D eigenvalue weighted by atomic mass is 16.5. The highest BCUT2D eigenvalue weighted by molar-refractivity contribution is 5.88. The fourth-order valence-corrected chi connectivity index (χ4v) is 4.13. The van der Waals surface area contributed by atoms with Crippen LogP contribution in [0, 0.1) is 11.8 Å². The molecule has 0 spiro atoms. The Kier molecular flexibility index (Phi) is 7.41. The van der Waals surface area contributed by atoms with Crippen LogP contribution in [-0.2, 0) is 14.3 Å². The summed E-state index contributed by atoms with van der Waals surface area (Å²) >= 11 is 0. The van der Waals surface area contributed by atoms with Crippen LogP contribution in [0.25, 0.3) is 11.1 Å². The number of ether oxygens (including phenoxy) is 1. The second kappa shape index (κ2) is 10.1. The molecule has 1 aliphatic carbocycles. The molecule has 176 valence electrons. The lowest BCUT2D eigenvalue weighted by molar-refractivity contribution is -0.148. The topological polar surface area (TPSA) is 105 Å². The number of hydrogen-bond donors (Lipinski definition) is 3. The molecule has 0 heterocycles. The fourth-order valence-electron chi connectivity index (χ4n) is 4.13. The van der Waals surface area contributed by atoms with Crippen LogP contribution in [0.3, 0.4) is 0 Å². The van der Waals surface area contributed by atoms with E-state index in [-0.39, 0.29) is 31.4 Å². The Morgan fingerprint density at radius 3 is 2.06 bits per heavy atom. The van der Waals surface area contributed by atoms with Crippen molar-refractivity contribution < 1.29 is 24.2 Å². The maximum atomic E-state index is 12.8. The monoisotopic (exact) mass is 452 g/mol. The summed E-state index contributed by atoms with van der Waals surface area (Å²) < 4.78 is 5.53. The van der Waals surface area contributed by atoms with E-state index in [1.54, 1.807) is 6.92 Å². The first kappa shape index (κ1) is 24.3. The second-order valence-corrected chi connectivity index (χ2v) is 9.04. The Bertz CT molecular complexity index is 989. The minimum absolute atomic E-state index is 0.0480. The molecule has 3 rings (SSSR count). The number of carbonyl (C=O) groups excluding carboxylic acids is 2. The van der Waals surface area contributed by atoms with Gasteiger partial charge < -0.3 is 20.5 Å². The van der Waals surface area contributed by atoms with E-state index in [2.05, 4.69) is 22.8 Å². The van der Waals surface area contributed by atoms with Gasteiger partial charge in [-0.25, -0.2) is 9.59 Å². The molecule has 0 saturated heterocycles. The highest BCUT2D eigenvalue weighted by Crippen LogP contribution is 2.44. The number of alkyl carbamates (subject to hydrolysis) is 1. The van der Waals surface area contributed by atoms with Crippen LogP contribution in [0.5, 0.6) is 0 Å². The van der Waals surface area contributed by atoms with Crippen molar-refractivity contribution in [2.45, 2.75) is 45.6 Å². The van der Waals surface area contributed by atoms with Gasteiger partial charge in [0.25, 0.3) is 0 Å². The van der Waals surface area contributed by atoms with Gasteiger partial charge in [0.2, 0.25) is 5.91 Å². The molecule has 2 unspecified atom stereocenters. The van der Waals surface area contributed by atoms with Crippen molar-refractivity contribution in [3.05, 3.63) is 59.7 Å². The van der Waals surface area contributed by atoms with Gasteiger partial charge in [-0.3, -0.25) is 4.79 Å². The van der Waals surface area contributed by atoms with E-state index in [9.17, 15) is 19.5 Å². The Morgan fingerprint density at radius 1 is 1.03 bits per heavy atom. The molecule has 0 saturated carbocycles. The van der Waals surface area contributed by atoms with Crippen molar-refractivity contribution in [3.63, 3.8) is 0 Å². The van der Waals surface area contributed by atoms with Gasteiger partial charge in [-0.05, 0) is 41.5 Å². The van der Waals surface area contributed by atoms with Gasteiger partial charge in [-0.1, -0.05) is 69.3 Å². The largest absolute Gasteiger partial charge is 0.480 e. The lowest BCUT2D eigenvalue weighted by Gasteiger charge is -2.29. The lowest BCUT2D eigenvalue weighted by Crippen LogP contribution is -2.55. The van der Waals surface area contributed by atoms with Gasteiger partial charge in [0.15, 0.2) is 0 Å². The minimum atomic E-state index is -1.35. The molecule has 0 bridgehead atoms. The molecule has 33 heavy (non-hydrogen) atoms. The van der Waals surface area contributed by atoms with Gasteiger partial charge >= 0.3 is 12.1 Å². The van der Waals surface area contributed by atoms with Crippen molar-refractivity contribution in [1.82, 2.24) is 10.6 Å². The molecule has 2 amide bonds. The van der Waals surface area contributed by atoms with E-state index in [0.717, 1.165) is 22.3 Å². The first-order valence-corrected chi connectivity index (χ1v) is 11.3. The average molecular weight is 453 g/mol. The van der Waals surface area contributed by atoms with Crippen LogP contribution >= 0.6 is 0 Å². The summed E-state index contributed by atoms with van der Waals surface area (Å²) in [6.45, 7) is 7.13. The van der Waals surface area contributed by atoms with Crippen LogP contribution in [0.15, 0.2) is 48.5 Å². The van der Waals surface area contributed by atoms with Crippen LogP contribution in [0.2, 0.25) is 0 Å². The number of benzene rings is 2. The third kappa shape index (κ3) is 5.18. The summed E-state index contributed by atoms with van der Waals surface area (Å²) in [6, 6.07) is 16.2. The number of amides is 2. The van der Waals surface area contributed by atoms with Crippen LogP contribution < -0.4 is 10.6 Å². The molecule has 2 aromatic rings. The zero-order chi connectivity index (χ0) is 24.2. The normalized spacial score (nSPS) is 15.2. The lowest BCUT2D eigenvalue weighted by atomic mass is 9.92. The summed E-state index contributed by atoms with van der Waals surface area (Å²) in [5, 5.41) is 14.7. The standard InChI is InChI=1S/C26H32N2O5/c1-5-26(4,24(30)31)28-23(29)21(16(2)3)14-27-25(32)33-15-22-19-12-8-6-10-17(19)18-11-7-9-13-20(18)22/h6-13,16,21-22H,5,14-15H2,1-4H3,(H,27,32)(H,28,29)(H,30,31). The molecule has 0 fully saturated rings. The molecule has 0 radical (unpaired) electrons. The molecule has 1 aliphatic rings. The SMILES string of the molecule is CCC(C)(NC(=O)C(CNC(=O)OCC1c2ccccc2-c2ccccc21)C(C)C)C(=O)O. The summed E-state index contributed by atoms with van der Waals surface area (Å²) in [5.74, 6) is -2.24. The Morgan fingerprint density at radius 2 is 1.58 bits per heavy atom. The third-order valence-corrected chi connectivity index (χ3v) is 6.53. The smallest absolute Gasteiger partial charge is 0.407 e. The maximum absolute atomic E-state index is 12.8. The third-order valence-electron chi connectivity index (χ3n) is 6.53. The van der Waals surface area contributed by atoms with E-state index in [4.69, 9.17) is 4.74 Å². The van der Waals surface area contributed by atoms with E-state index < -0.39 is 29.4 Å². The Labute approximate surface area is 194 Å². The quantitative estimate of drug-likeness (QED) is 0.530. The van der Waals surface area contributed by atoms with Crippen LogP contribution in [0.4, 0.5) is 4.79 Å². The molecule has 0 aliphatic heterocycles. The maximum Gasteiger partial charge on any atom is 0.407 e. The molecule has 2 aromatic carbocycles. The van der Waals surface area contributed by atoms with E-state index in [1.807, 2.05) is 50.2 Å². The first-order valence-electron chi connectivity index (χ1n) is 11.3. The number of carboxylic acid groups (broad SMARTS) is 1. The number of fused-ring (bicyclic) bond motifs is 3. The van der Waals surface area contributed by atoms with E-state index in [1.165, 1.54) is 6.92 Å². The zero-order valence-corrected chi connectivity index (χ0v) is 19.6.